The molecule has 1 aromatic heterocycles. The highest BCUT2D eigenvalue weighted by molar-refractivity contribution is 5.88. The van der Waals surface area contributed by atoms with E-state index in [9.17, 15) is 18.4 Å². The van der Waals surface area contributed by atoms with Crippen LogP contribution in [0.5, 0.6) is 0 Å². The summed E-state index contributed by atoms with van der Waals surface area (Å²) in [7, 11) is 1.88. The van der Waals surface area contributed by atoms with Gasteiger partial charge in [0.15, 0.2) is 11.6 Å². The number of nitrogens with zero attached hydrogens (tertiary/aromatic N) is 3. The lowest BCUT2D eigenvalue weighted by Crippen LogP contribution is -2.56. The molecule has 0 spiro atoms. The predicted octanol–water partition coefficient (Wildman–Crippen LogP) is 1.86. The summed E-state index contributed by atoms with van der Waals surface area (Å²) in [6.07, 6.45) is -0.0906. The van der Waals surface area contributed by atoms with Crippen molar-refractivity contribution >= 4 is 22.8 Å². The van der Waals surface area contributed by atoms with Gasteiger partial charge in [-0.25, -0.2) is 13.8 Å². The van der Waals surface area contributed by atoms with Crippen molar-refractivity contribution in [2.45, 2.75) is 25.6 Å². The molecule has 1 atom stereocenters. The third-order valence-electron chi connectivity index (χ3n) is 5.55. The molecule has 0 saturated carbocycles. The standard InChI is InChI=1S/C22H23F2N5O2/c1-28-17-8-3-2-7-16(17)27-19(28)12-26-20(30)11-18-22(31)25-9-10-29(18)13-14-5-4-6-15(23)21(14)24/h2-8,18H,9-13H2,1H3,(H,25,31)(H,26,30)/t18-/m0/s1. The number of aromatic nitrogens is 2. The second-order valence-electron chi connectivity index (χ2n) is 7.55. The Bertz CT molecular complexity index is 1130. The van der Waals surface area contributed by atoms with Gasteiger partial charge in [-0.15, -0.1) is 0 Å². The molecule has 0 bridgehead atoms. The SMILES string of the molecule is Cn1c(CNC(=O)C[C@H]2C(=O)NCCN2Cc2cccc(F)c2F)nc2ccccc21. The van der Waals surface area contributed by atoms with Gasteiger partial charge in [-0.3, -0.25) is 14.5 Å². The van der Waals surface area contributed by atoms with Crippen LogP contribution in [0.25, 0.3) is 11.0 Å². The van der Waals surface area contributed by atoms with Crippen molar-refractivity contribution in [3.63, 3.8) is 0 Å². The molecular weight excluding hydrogens is 404 g/mol. The minimum absolute atomic E-state index is 0.0414. The van der Waals surface area contributed by atoms with E-state index in [-0.39, 0.29) is 36.9 Å². The summed E-state index contributed by atoms with van der Waals surface area (Å²) in [5.41, 5.74) is 1.95. The highest BCUT2D eigenvalue weighted by Gasteiger charge is 2.32. The summed E-state index contributed by atoms with van der Waals surface area (Å²) in [6.45, 7) is 1.08. The zero-order valence-electron chi connectivity index (χ0n) is 17.1. The summed E-state index contributed by atoms with van der Waals surface area (Å²) in [5.74, 6) is -1.80. The molecule has 1 fully saturated rings. The number of halogens is 2. The van der Waals surface area contributed by atoms with Crippen molar-refractivity contribution in [3.05, 3.63) is 65.5 Å². The summed E-state index contributed by atoms with van der Waals surface area (Å²) >= 11 is 0. The molecular formula is C22H23F2N5O2. The topological polar surface area (TPSA) is 79.3 Å². The second-order valence-corrected chi connectivity index (χ2v) is 7.55. The van der Waals surface area contributed by atoms with E-state index >= 15 is 0 Å². The number of amides is 2. The normalized spacial score (nSPS) is 17.0. The number of hydrogen-bond donors (Lipinski definition) is 2. The Morgan fingerprint density at radius 2 is 2.03 bits per heavy atom. The fourth-order valence-corrected chi connectivity index (χ4v) is 3.84. The molecule has 2 amide bonds. The Labute approximate surface area is 178 Å². The highest BCUT2D eigenvalue weighted by Crippen LogP contribution is 2.18. The van der Waals surface area contributed by atoms with Crippen molar-refractivity contribution in [2.75, 3.05) is 13.1 Å². The van der Waals surface area contributed by atoms with Crippen LogP contribution in [-0.2, 0) is 29.7 Å². The number of para-hydroxylation sites is 2. The maximum atomic E-state index is 14.1. The van der Waals surface area contributed by atoms with Crippen molar-refractivity contribution in [2.24, 2.45) is 7.05 Å². The lowest BCUT2D eigenvalue weighted by atomic mass is 10.1. The number of hydrogen-bond acceptors (Lipinski definition) is 4. The van der Waals surface area contributed by atoms with Crippen LogP contribution in [0.3, 0.4) is 0 Å². The Morgan fingerprint density at radius 3 is 2.84 bits per heavy atom. The first-order chi connectivity index (χ1) is 14.9. The lowest BCUT2D eigenvalue weighted by Gasteiger charge is -2.34. The van der Waals surface area contributed by atoms with Gasteiger partial charge in [0, 0.05) is 32.2 Å². The molecule has 2 heterocycles. The molecule has 2 aromatic carbocycles. The maximum Gasteiger partial charge on any atom is 0.237 e. The molecule has 4 rings (SSSR count). The Hall–Kier alpha value is -3.33. The highest BCUT2D eigenvalue weighted by atomic mass is 19.2. The smallest absolute Gasteiger partial charge is 0.237 e. The molecule has 1 aliphatic rings. The number of aryl methyl sites for hydroxylation is 1. The number of carbonyl (C=O) groups is 2. The predicted molar refractivity (Wildman–Crippen MR) is 111 cm³/mol. The molecule has 0 unspecified atom stereocenters. The number of benzene rings is 2. The quantitative estimate of drug-likeness (QED) is 0.630. The number of carbonyl (C=O) groups excluding carboxylic acids is 2. The van der Waals surface area contributed by atoms with E-state index in [1.54, 1.807) is 4.90 Å². The van der Waals surface area contributed by atoms with Crippen LogP contribution in [0.1, 0.15) is 17.8 Å². The molecule has 0 radical (unpaired) electrons. The zero-order valence-corrected chi connectivity index (χ0v) is 17.1. The van der Waals surface area contributed by atoms with Gasteiger partial charge in [0.1, 0.15) is 5.82 Å². The van der Waals surface area contributed by atoms with E-state index in [4.69, 9.17) is 0 Å². The number of rotatable bonds is 6. The van der Waals surface area contributed by atoms with Gasteiger partial charge in [0.2, 0.25) is 11.8 Å². The van der Waals surface area contributed by atoms with Crippen LogP contribution in [0.15, 0.2) is 42.5 Å². The van der Waals surface area contributed by atoms with Gasteiger partial charge in [0.05, 0.1) is 30.0 Å². The van der Waals surface area contributed by atoms with Crippen LogP contribution >= 0.6 is 0 Å². The van der Waals surface area contributed by atoms with Crippen molar-refractivity contribution < 1.29 is 18.4 Å². The van der Waals surface area contributed by atoms with Crippen molar-refractivity contribution in [1.29, 1.82) is 0 Å². The zero-order chi connectivity index (χ0) is 22.0. The van der Waals surface area contributed by atoms with Crippen LogP contribution in [-0.4, -0.2) is 45.4 Å². The average Bonchev–Trinajstić information content (AvgIpc) is 3.08. The first kappa shape index (κ1) is 20.9. The van der Waals surface area contributed by atoms with Gasteiger partial charge < -0.3 is 15.2 Å². The van der Waals surface area contributed by atoms with Crippen LogP contribution < -0.4 is 10.6 Å². The average molecular weight is 427 g/mol. The van der Waals surface area contributed by atoms with Crippen LogP contribution in [0, 0.1) is 11.6 Å². The summed E-state index contributed by atoms with van der Waals surface area (Å²) in [5, 5.41) is 5.55. The first-order valence-electron chi connectivity index (χ1n) is 10.1. The summed E-state index contributed by atoms with van der Waals surface area (Å²) < 4.78 is 29.5. The number of nitrogens with one attached hydrogen (secondary N) is 2. The molecule has 1 saturated heterocycles. The van der Waals surface area contributed by atoms with Gasteiger partial charge in [-0.1, -0.05) is 24.3 Å². The number of imidazole rings is 1. The largest absolute Gasteiger partial charge is 0.353 e. The molecule has 31 heavy (non-hydrogen) atoms. The molecule has 0 aliphatic carbocycles. The fraction of sp³-hybridized carbons (Fsp3) is 0.318. The minimum atomic E-state index is -0.935. The van der Waals surface area contributed by atoms with E-state index in [0.717, 1.165) is 17.1 Å². The molecule has 7 nitrogen and oxygen atoms in total. The van der Waals surface area contributed by atoms with Gasteiger partial charge in [-0.05, 0) is 18.2 Å². The maximum absolute atomic E-state index is 14.1. The number of fused-ring (bicyclic) bond motifs is 1. The fourth-order valence-electron chi connectivity index (χ4n) is 3.84. The van der Waals surface area contributed by atoms with Crippen molar-refractivity contribution in [3.8, 4) is 0 Å². The molecule has 9 heteroatoms. The second kappa shape index (κ2) is 8.81. The Balaban J connectivity index is 1.42. The molecule has 1 aliphatic heterocycles. The summed E-state index contributed by atoms with van der Waals surface area (Å²) in [6, 6.07) is 10.9. The van der Waals surface area contributed by atoms with E-state index < -0.39 is 17.7 Å². The van der Waals surface area contributed by atoms with Crippen LogP contribution in [0.4, 0.5) is 8.78 Å². The van der Waals surface area contributed by atoms with Gasteiger partial charge >= 0.3 is 0 Å². The minimum Gasteiger partial charge on any atom is -0.353 e. The molecule has 3 aromatic rings. The first-order valence-corrected chi connectivity index (χ1v) is 10.1. The third kappa shape index (κ3) is 4.41. The van der Waals surface area contributed by atoms with Gasteiger partial charge in [0.25, 0.3) is 0 Å². The Kier molecular flexibility index (Phi) is 5.94. The monoisotopic (exact) mass is 427 g/mol. The summed E-state index contributed by atoms with van der Waals surface area (Å²) in [4.78, 5) is 31.2. The van der Waals surface area contributed by atoms with E-state index in [0.29, 0.717) is 18.9 Å². The molecule has 162 valence electrons. The molecule has 2 N–H and O–H groups in total. The lowest BCUT2D eigenvalue weighted by molar-refractivity contribution is -0.134. The van der Waals surface area contributed by atoms with E-state index in [1.807, 2.05) is 35.9 Å². The van der Waals surface area contributed by atoms with Crippen molar-refractivity contribution in [1.82, 2.24) is 25.1 Å². The van der Waals surface area contributed by atoms with Crippen LogP contribution in [0.2, 0.25) is 0 Å². The Morgan fingerprint density at radius 1 is 1.23 bits per heavy atom. The number of piperazine rings is 1. The van der Waals surface area contributed by atoms with Gasteiger partial charge in [-0.2, -0.15) is 0 Å². The third-order valence-corrected chi connectivity index (χ3v) is 5.55. The van der Waals surface area contributed by atoms with E-state index in [2.05, 4.69) is 15.6 Å². The van der Waals surface area contributed by atoms with E-state index in [1.165, 1.54) is 12.1 Å².